The maximum absolute atomic E-state index is 14.2. The molecule has 0 amide bonds. The van der Waals surface area contributed by atoms with Gasteiger partial charge in [-0.25, -0.2) is 4.39 Å². The van der Waals surface area contributed by atoms with E-state index in [0.717, 1.165) is 62.3 Å². The lowest BCUT2D eigenvalue weighted by Crippen LogP contribution is -2.44. The van der Waals surface area contributed by atoms with E-state index in [2.05, 4.69) is 43.7 Å². The second-order valence-electron chi connectivity index (χ2n) is 8.56. The normalized spacial score (nSPS) is 21.2. The molecule has 1 aromatic rings. The van der Waals surface area contributed by atoms with Crippen LogP contribution in [0.3, 0.4) is 0 Å². The smallest absolute Gasteiger partial charge is 0.126 e. The van der Waals surface area contributed by atoms with Gasteiger partial charge in [-0.3, -0.25) is 4.99 Å². The van der Waals surface area contributed by atoms with Crippen LogP contribution < -0.4 is 0 Å². The van der Waals surface area contributed by atoms with Crippen LogP contribution in [0.4, 0.5) is 4.39 Å². The number of aryl methyl sites for hydroxylation is 2. The van der Waals surface area contributed by atoms with Crippen molar-refractivity contribution in [3.8, 4) is 0 Å². The quantitative estimate of drug-likeness (QED) is 0.623. The Morgan fingerprint density at radius 1 is 1.10 bits per heavy atom. The highest BCUT2D eigenvalue weighted by Gasteiger charge is 2.32. The van der Waals surface area contributed by atoms with Crippen LogP contribution in [-0.4, -0.2) is 48.7 Å². The second kappa shape index (κ2) is 9.25. The fourth-order valence-corrected chi connectivity index (χ4v) is 4.47. The van der Waals surface area contributed by atoms with Crippen molar-refractivity contribution in [3.05, 3.63) is 52.1 Å². The Bertz CT molecular complexity index is 842. The average Bonchev–Trinajstić information content (AvgIpc) is 3.02. The summed E-state index contributed by atoms with van der Waals surface area (Å²) in [5, 5.41) is 0. The summed E-state index contributed by atoms with van der Waals surface area (Å²) in [4.78, 5) is 10.0. The Balaban J connectivity index is 2.16. The number of hydrogen-bond acceptors (Lipinski definition) is 3. The summed E-state index contributed by atoms with van der Waals surface area (Å²) in [5.41, 5.74) is 7.70. The van der Waals surface area contributed by atoms with E-state index in [-0.39, 0.29) is 5.82 Å². The van der Waals surface area contributed by atoms with Gasteiger partial charge in [0, 0.05) is 37.8 Å². The van der Waals surface area contributed by atoms with Gasteiger partial charge in [0.25, 0.3) is 0 Å². The van der Waals surface area contributed by atoms with Crippen LogP contribution in [0, 0.1) is 25.6 Å². The van der Waals surface area contributed by atoms with Gasteiger partial charge in [0.2, 0.25) is 0 Å². The van der Waals surface area contributed by atoms with Gasteiger partial charge in [0.05, 0.1) is 11.4 Å². The molecule has 0 aliphatic carbocycles. The minimum Gasteiger partial charge on any atom is -0.367 e. The molecule has 2 aliphatic heterocycles. The number of hydrogen-bond donors (Lipinski definition) is 0. The van der Waals surface area contributed by atoms with Gasteiger partial charge in [-0.2, -0.15) is 0 Å². The minimum atomic E-state index is -0.127. The first kappa shape index (κ1) is 21.8. The standard InChI is InChI=1S/C25H36FN3/c1-7-9-10-23(29-13-11-28(6)12-14-29)25-24(20(8-2)19(5)27-25)21-15-18(4)22(26)16-17(21)3/h10,15-16,20H,7-9,11-14H2,1-6H3/b23-10-. The van der Waals surface area contributed by atoms with Crippen molar-refractivity contribution in [2.45, 2.75) is 53.9 Å². The Morgan fingerprint density at radius 3 is 2.41 bits per heavy atom. The van der Waals surface area contributed by atoms with E-state index in [1.165, 1.54) is 17.0 Å². The van der Waals surface area contributed by atoms with E-state index in [4.69, 9.17) is 4.99 Å². The molecule has 4 heteroatoms. The summed E-state index contributed by atoms with van der Waals surface area (Å²) in [6, 6.07) is 3.71. The predicted octanol–water partition coefficient (Wildman–Crippen LogP) is 5.59. The summed E-state index contributed by atoms with van der Waals surface area (Å²) in [6.45, 7) is 14.7. The summed E-state index contributed by atoms with van der Waals surface area (Å²) in [5.74, 6) is 0.170. The Hall–Kier alpha value is -1.94. The number of aliphatic imine (C=N–C) groups is 1. The van der Waals surface area contributed by atoms with Gasteiger partial charge in [0.1, 0.15) is 5.82 Å². The lowest BCUT2D eigenvalue weighted by molar-refractivity contribution is 0.188. The van der Waals surface area contributed by atoms with E-state index in [1.807, 2.05) is 19.9 Å². The Kier molecular flexibility index (Phi) is 6.94. The molecule has 0 aromatic heterocycles. The Labute approximate surface area is 176 Å². The number of rotatable bonds is 6. The van der Waals surface area contributed by atoms with Crippen molar-refractivity contribution in [2.24, 2.45) is 10.9 Å². The highest BCUT2D eigenvalue weighted by Crippen LogP contribution is 2.42. The third kappa shape index (κ3) is 4.48. The van der Waals surface area contributed by atoms with Gasteiger partial charge < -0.3 is 9.80 Å². The van der Waals surface area contributed by atoms with Crippen molar-refractivity contribution in [2.75, 3.05) is 33.2 Å². The molecule has 2 heterocycles. The number of unbranched alkanes of at least 4 members (excludes halogenated alkanes) is 1. The zero-order valence-electron chi connectivity index (χ0n) is 19.0. The van der Waals surface area contributed by atoms with Crippen LogP contribution in [-0.2, 0) is 0 Å². The van der Waals surface area contributed by atoms with Crippen molar-refractivity contribution in [1.29, 1.82) is 0 Å². The van der Waals surface area contributed by atoms with Gasteiger partial charge in [-0.1, -0.05) is 26.3 Å². The Morgan fingerprint density at radius 2 is 1.79 bits per heavy atom. The fraction of sp³-hybridized carbons (Fsp3) is 0.560. The first-order chi connectivity index (χ1) is 13.9. The monoisotopic (exact) mass is 397 g/mol. The molecule has 0 saturated carbocycles. The van der Waals surface area contributed by atoms with Crippen LogP contribution in [0.15, 0.2) is 34.6 Å². The maximum atomic E-state index is 14.2. The van der Waals surface area contributed by atoms with Crippen molar-refractivity contribution in [3.63, 3.8) is 0 Å². The molecule has 0 spiro atoms. The summed E-state index contributed by atoms with van der Waals surface area (Å²) in [6.07, 6.45) is 5.55. The lowest BCUT2D eigenvalue weighted by Gasteiger charge is -2.36. The lowest BCUT2D eigenvalue weighted by atomic mass is 9.84. The highest BCUT2D eigenvalue weighted by molar-refractivity contribution is 6.02. The van der Waals surface area contributed by atoms with Crippen LogP contribution in [0.2, 0.25) is 0 Å². The predicted molar refractivity (Wildman–Crippen MR) is 122 cm³/mol. The van der Waals surface area contributed by atoms with Crippen molar-refractivity contribution >= 4 is 11.3 Å². The molecular weight excluding hydrogens is 361 g/mol. The van der Waals surface area contributed by atoms with E-state index < -0.39 is 0 Å². The zero-order valence-corrected chi connectivity index (χ0v) is 19.0. The summed E-state index contributed by atoms with van der Waals surface area (Å²) >= 11 is 0. The van der Waals surface area contributed by atoms with Crippen molar-refractivity contribution < 1.29 is 4.39 Å². The van der Waals surface area contributed by atoms with Crippen LogP contribution in [0.5, 0.6) is 0 Å². The molecule has 3 nitrogen and oxygen atoms in total. The number of halogens is 1. The number of nitrogens with zero attached hydrogens (tertiary/aromatic N) is 3. The first-order valence-corrected chi connectivity index (χ1v) is 11.1. The molecule has 1 unspecified atom stereocenters. The number of allylic oxidation sites excluding steroid dienone is 2. The molecule has 1 fully saturated rings. The van der Waals surface area contributed by atoms with Gasteiger partial charge in [0.15, 0.2) is 0 Å². The molecule has 158 valence electrons. The maximum Gasteiger partial charge on any atom is 0.126 e. The van der Waals surface area contributed by atoms with Gasteiger partial charge in [-0.05, 0) is 75.1 Å². The SMILES string of the molecule is CCC/C=C(/C1=C(c2cc(C)c(F)cc2C)C(CC)C(C)=N1)N1CCN(C)CC1. The van der Waals surface area contributed by atoms with Crippen molar-refractivity contribution in [1.82, 2.24) is 9.80 Å². The van der Waals surface area contributed by atoms with Gasteiger partial charge >= 0.3 is 0 Å². The van der Waals surface area contributed by atoms with Crippen LogP contribution >= 0.6 is 0 Å². The van der Waals surface area contributed by atoms with E-state index in [0.29, 0.717) is 11.5 Å². The molecule has 1 aromatic carbocycles. The first-order valence-electron chi connectivity index (χ1n) is 11.1. The highest BCUT2D eigenvalue weighted by atomic mass is 19.1. The summed E-state index contributed by atoms with van der Waals surface area (Å²) in [7, 11) is 2.19. The number of piperazine rings is 1. The molecule has 3 rings (SSSR count). The van der Waals surface area contributed by atoms with Gasteiger partial charge in [-0.15, -0.1) is 0 Å². The molecule has 1 atom stereocenters. The zero-order chi connectivity index (χ0) is 21.1. The van der Waals surface area contributed by atoms with E-state index >= 15 is 0 Å². The fourth-order valence-electron chi connectivity index (χ4n) is 4.47. The minimum absolute atomic E-state index is 0.127. The number of likely N-dealkylation sites (N-methyl/N-ethyl adjacent to an activating group) is 1. The molecule has 1 saturated heterocycles. The van der Waals surface area contributed by atoms with E-state index in [9.17, 15) is 4.39 Å². The van der Waals surface area contributed by atoms with Crippen LogP contribution in [0.1, 0.15) is 56.7 Å². The third-order valence-corrected chi connectivity index (χ3v) is 6.31. The average molecular weight is 398 g/mol. The summed E-state index contributed by atoms with van der Waals surface area (Å²) < 4.78 is 14.2. The number of benzene rings is 1. The largest absolute Gasteiger partial charge is 0.367 e. The third-order valence-electron chi connectivity index (χ3n) is 6.31. The second-order valence-corrected chi connectivity index (χ2v) is 8.56. The molecular formula is C25H36FN3. The molecule has 2 aliphatic rings. The molecule has 0 N–H and O–H groups in total. The van der Waals surface area contributed by atoms with E-state index in [1.54, 1.807) is 6.07 Å². The molecule has 29 heavy (non-hydrogen) atoms. The topological polar surface area (TPSA) is 18.8 Å². The molecule has 0 radical (unpaired) electrons. The van der Waals surface area contributed by atoms with Crippen LogP contribution in [0.25, 0.3) is 5.57 Å². The molecule has 0 bridgehead atoms.